The van der Waals surface area contributed by atoms with E-state index in [0.29, 0.717) is 0 Å². The first kappa shape index (κ1) is 92.7. The monoisotopic (exact) mass is 1120 g/mol. The second-order valence-electron chi connectivity index (χ2n) is 32.5. The quantitative estimate of drug-likeness (QED) is 0.0587. The van der Waals surface area contributed by atoms with Crippen LogP contribution in [-0.4, -0.2) is 0 Å². The zero-order valence-corrected chi connectivity index (χ0v) is 63.6. The van der Waals surface area contributed by atoms with E-state index in [2.05, 4.69) is 249 Å². The summed E-state index contributed by atoms with van der Waals surface area (Å²) in [5.74, 6) is 19.5. The molecule has 0 aliphatic heterocycles. The zero-order chi connectivity index (χ0) is 63.6. The Hall–Kier alpha value is 0. The SMILES string of the molecule is CC(C)CCC[C@@H](C)C(C)C.CC(C)CCC[C@@H](C)C(C)C.CC(C)CCC[C@@H](C)C(C)C.CC(C)CCC[C@@H](C)C(C)C.CC(C)CCC[C@@H](C)C(C)C.CC(C)CCC[C@@H](C)C(C)C.CC[C@H](CC[C@@H](C)C(C)C)C(C)C. The number of hydrogen-bond donors (Lipinski definition) is 0. The lowest BCUT2D eigenvalue weighted by Gasteiger charge is -2.22. The van der Waals surface area contributed by atoms with Crippen LogP contribution < -0.4 is 0 Å². The van der Waals surface area contributed by atoms with Crippen molar-refractivity contribution in [3.8, 4) is 0 Å². The topological polar surface area (TPSA) is 0 Å². The predicted octanol–water partition coefficient (Wildman–Crippen LogP) is 29.4. The molecule has 0 spiro atoms. The maximum atomic E-state index is 2.39. The molecule has 0 heterocycles. The summed E-state index contributed by atoms with van der Waals surface area (Å²) in [6, 6.07) is 0. The van der Waals surface area contributed by atoms with Gasteiger partial charge in [-0.2, -0.15) is 0 Å². The van der Waals surface area contributed by atoms with Gasteiger partial charge in [-0.15, -0.1) is 0 Å². The van der Waals surface area contributed by atoms with Crippen molar-refractivity contribution >= 4 is 0 Å². The van der Waals surface area contributed by atoms with Crippen LogP contribution in [-0.2, 0) is 0 Å². The van der Waals surface area contributed by atoms with E-state index in [1.54, 1.807) is 0 Å². The van der Waals surface area contributed by atoms with Crippen molar-refractivity contribution in [3.63, 3.8) is 0 Å². The smallest absolute Gasteiger partial charge is 0.0394 e. The van der Waals surface area contributed by atoms with E-state index in [1.165, 1.54) is 135 Å². The second kappa shape index (κ2) is 61.1. The molecular weight excluding hydrogens is 949 g/mol. The van der Waals surface area contributed by atoms with Gasteiger partial charge in [0.15, 0.2) is 0 Å². The molecule has 0 nitrogen and oxygen atoms in total. The van der Waals surface area contributed by atoms with Gasteiger partial charge in [-0.05, 0) is 137 Å². The van der Waals surface area contributed by atoms with Gasteiger partial charge in [0.25, 0.3) is 0 Å². The Morgan fingerprint density at radius 3 is 0.392 bits per heavy atom. The summed E-state index contributed by atoms with van der Waals surface area (Å²) < 4.78 is 0. The fourth-order valence-corrected chi connectivity index (χ4v) is 8.91. The Labute approximate surface area is 511 Å². The molecule has 0 N–H and O–H groups in total. The Morgan fingerprint density at radius 1 is 0.152 bits per heavy atom. The molecule has 0 saturated heterocycles. The van der Waals surface area contributed by atoms with E-state index < -0.39 is 0 Å². The van der Waals surface area contributed by atoms with Crippen molar-refractivity contribution in [2.75, 3.05) is 0 Å². The highest BCUT2D eigenvalue weighted by Gasteiger charge is 2.15. The van der Waals surface area contributed by atoms with Crippen LogP contribution in [0.5, 0.6) is 0 Å². The molecule has 0 bridgehead atoms. The predicted molar refractivity (Wildman–Crippen MR) is 378 cm³/mol. The maximum Gasteiger partial charge on any atom is -0.0394 e. The second-order valence-corrected chi connectivity index (χ2v) is 32.5. The molecule has 0 rings (SSSR count). The van der Waals surface area contributed by atoms with E-state index in [0.717, 1.165) is 130 Å². The maximum absolute atomic E-state index is 2.39. The molecule has 0 aliphatic rings. The standard InChI is InChI=1S/C13H28.6C11H24/c1-7-13(11(4)5)9-8-12(6)10(2)3;6*1-9(2)7-6-8-11(5)10(3)4/h10-13H,7-9H2,1-6H3;6*9-11H,6-8H2,1-5H3/t12-,13-;6*11-/m1111111/s1. The molecule has 488 valence electrons. The first-order chi connectivity index (χ1) is 36.2. The molecule has 8 atom stereocenters. The molecule has 79 heavy (non-hydrogen) atoms. The van der Waals surface area contributed by atoms with Crippen molar-refractivity contribution in [1.82, 2.24) is 0 Å². The molecule has 0 fully saturated rings. The fourth-order valence-electron chi connectivity index (χ4n) is 8.91. The molecule has 0 heteroatoms. The van der Waals surface area contributed by atoms with E-state index in [9.17, 15) is 0 Å². The van der Waals surface area contributed by atoms with Gasteiger partial charge in [-0.25, -0.2) is 0 Å². The van der Waals surface area contributed by atoms with Crippen LogP contribution in [0.25, 0.3) is 0 Å². The minimum atomic E-state index is 0.852. The normalized spacial score (nSPS) is 14.8. The number of rotatable bonds is 36. The Kier molecular flexibility index (Phi) is 71.7. The summed E-state index contributed by atoms with van der Waals surface area (Å²) >= 11 is 0. The van der Waals surface area contributed by atoms with E-state index in [-0.39, 0.29) is 0 Å². The Bertz CT molecular complexity index is 907. The summed E-state index contributed by atoms with van der Waals surface area (Å²) in [5, 5.41) is 0. The van der Waals surface area contributed by atoms with Crippen LogP contribution in [0.15, 0.2) is 0 Å². The van der Waals surface area contributed by atoms with E-state index in [1.807, 2.05) is 0 Å². The molecule has 0 radical (unpaired) electrons. The lowest BCUT2D eigenvalue weighted by Crippen LogP contribution is -2.11. The third kappa shape index (κ3) is 80.1. The van der Waals surface area contributed by atoms with Crippen LogP contribution >= 0.6 is 0 Å². The molecule has 0 amide bonds. The first-order valence-corrected chi connectivity index (χ1v) is 36.2. The van der Waals surface area contributed by atoms with Gasteiger partial charge in [0.1, 0.15) is 0 Å². The third-order valence-electron chi connectivity index (χ3n) is 19.1. The van der Waals surface area contributed by atoms with Gasteiger partial charge in [-0.1, -0.05) is 378 Å². The summed E-state index contributed by atoms with van der Waals surface area (Å²) in [7, 11) is 0. The highest BCUT2D eigenvalue weighted by Crippen LogP contribution is 2.27. The lowest BCUT2D eigenvalue weighted by atomic mass is 9.84. The minimum Gasteiger partial charge on any atom is -0.0651 e. The van der Waals surface area contributed by atoms with Crippen molar-refractivity contribution < 1.29 is 0 Å². The molecule has 0 aromatic rings. The molecule has 0 aliphatic carbocycles. The van der Waals surface area contributed by atoms with Crippen molar-refractivity contribution in [1.29, 1.82) is 0 Å². The minimum absolute atomic E-state index is 0.852. The van der Waals surface area contributed by atoms with Crippen molar-refractivity contribution in [3.05, 3.63) is 0 Å². The zero-order valence-electron chi connectivity index (χ0n) is 63.6. The highest BCUT2D eigenvalue weighted by atomic mass is 14.2. The van der Waals surface area contributed by atoms with E-state index in [4.69, 9.17) is 0 Å². The van der Waals surface area contributed by atoms with Crippen molar-refractivity contribution in [2.45, 2.75) is 384 Å². The molecule has 0 unspecified atom stereocenters. The van der Waals surface area contributed by atoms with Gasteiger partial charge in [0.2, 0.25) is 0 Å². The van der Waals surface area contributed by atoms with Gasteiger partial charge in [-0.3, -0.25) is 0 Å². The fraction of sp³-hybridized carbons (Fsp3) is 1.00. The third-order valence-corrected chi connectivity index (χ3v) is 19.1. The molecule has 0 saturated carbocycles. The van der Waals surface area contributed by atoms with Gasteiger partial charge >= 0.3 is 0 Å². The van der Waals surface area contributed by atoms with Gasteiger partial charge in [0, 0.05) is 0 Å². The summed E-state index contributed by atoms with van der Waals surface area (Å²) in [5.41, 5.74) is 0. The lowest BCUT2D eigenvalue weighted by molar-refractivity contribution is 0.290. The average molecular weight is 1120 g/mol. The molecule has 0 aromatic heterocycles. The highest BCUT2D eigenvalue weighted by molar-refractivity contribution is 4.66. The largest absolute Gasteiger partial charge is 0.0651 e. The average Bonchev–Trinajstić information content (AvgIpc) is 3.31. The number of hydrogen-bond acceptors (Lipinski definition) is 0. The van der Waals surface area contributed by atoms with Gasteiger partial charge in [0.05, 0.1) is 0 Å². The Balaban J connectivity index is -0.000000153. The first-order valence-electron chi connectivity index (χ1n) is 36.2. The van der Waals surface area contributed by atoms with Gasteiger partial charge < -0.3 is 0 Å². The summed E-state index contributed by atoms with van der Waals surface area (Å²) in [6.07, 6.45) is 29.5. The van der Waals surface area contributed by atoms with Crippen LogP contribution in [0.3, 0.4) is 0 Å². The van der Waals surface area contributed by atoms with Crippen molar-refractivity contribution in [2.24, 2.45) is 130 Å². The summed E-state index contributed by atoms with van der Waals surface area (Å²) in [4.78, 5) is 0. The van der Waals surface area contributed by atoms with Crippen LogP contribution in [0.2, 0.25) is 0 Å². The Morgan fingerprint density at radius 2 is 0.291 bits per heavy atom. The summed E-state index contributed by atoms with van der Waals surface area (Å²) in [6.45, 7) is 83.8. The van der Waals surface area contributed by atoms with Crippen LogP contribution in [0.4, 0.5) is 0 Å². The van der Waals surface area contributed by atoms with Crippen LogP contribution in [0.1, 0.15) is 384 Å². The molecule has 0 aromatic carbocycles. The molecular formula is C79H172. The van der Waals surface area contributed by atoms with Crippen LogP contribution in [0, 0.1) is 130 Å². The van der Waals surface area contributed by atoms with E-state index >= 15 is 0 Å².